The van der Waals surface area contributed by atoms with Crippen molar-refractivity contribution >= 4 is 0 Å². The van der Waals surface area contributed by atoms with Gasteiger partial charge >= 0.3 is 0 Å². The van der Waals surface area contributed by atoms with E-state index in [2.05, 4.69) is 26.1 Å². The Morgan fingerprint density at radius 2 is 1.86 bits per heavy atom. The number of hydrogen-bond acceptors (Lipinski definition) is 3. The fourth-order valence-corrected chi connectivity index (χ4v) is 3.90. The van der Waals surface area contributed by atoms with E-state index in [1.165, 1.54) is 44.9 Å². The molecular formula is C18H35NO2. The third-order valence-corrected chi connectivity index (χ3v) is 5.73. The average molecular weight is 297 g/mol. The number of hydrogen-bond donors (Lipinski definition) is 1. The van der Waals surface area contributed by atoms with Gasteiger partial charge < -0.3 is 14.8 Å². The topological polar surface area (TPSA) is 30.5 Å². The van der Waals surface area contributed by atoms with Crippen molar-refractivity contribution in [1.29, 1.82) is 0 Å². The third kappa shape index (κ3) is 4.43. The quantitative estimate of drug-likeness (QED) is 0.655. The highest BCUT2D eigenvalue weighted by molar-refractivity contribution is 5.04. The fraction of sp³-hybridized carbons (Fsp3) is 1.00. The van der Waals surface area contributed by atoms with Gasteiger partial charge in [-0.2, -0.15) is 0 Å². The monoisotopic (exact) mass is 297 g/mol. The second-order valence-corrected chi connectivity index (χ2v) is 7.03. The first kappa shape index (κ1) is 17.2. The van der Waals surface area contributed by atoms with Crippen LogP contribution in [0.5, 0.6) is 0 Å². The minimum Gasteiger partial charge on any atom is -0.378 e. The Bertz CT molecular complexity index is 291. The minimum absolute atomic E-state index is 0.320. The molecule has 3 heteroatoms. The molecule has 0 bridgehead atoms. The molecule has 0 saturated heterocycles. The standard InChI is InChI=1S/C18H35NO2/c1-4-18(3)16(14-17(18)20-5-2)19-12-9-13-21-15-10-7-6-8-11-15/h15-17,19H,4-14H2,1-3H3. The van der Waals surface area contributed by atoms with Crippen molar-refractivity contribution in [1.82, 2.24) is 5.32 Å². The normalized spacial score (nSPS) is 33.9. The van der Waals surface area contributed by atoms with E-state index in [9.17, 15) is 0 Å². The summed E-state index contributed by atoms with van der Waals surface area (Å²) in [4.78, 5) is 0. The average Bonchev–Trinajstić information content (AvgIpc) is 2.52. The summed E-state index contributed by atoms with van der Waals surface area (Å²) in [6.07, 6.45) is 11.2. The SMILES string of the molecule is CCOC1CC(NCCCOC2CCCCC2)C1(C)CC. The molecule has 3 nitrogen and oxygen atoms in total. The predicted molar refractivity (Wildman–Crippen MR) is 87.7 cm³/mol. The summed E-state index contributed by atoms with van der Waals surface area (Å²) < 4.78 is 11.8. The van der Waals surface area contributed by atoms with Gasteiger partial charge in [0.05, 0.1) is 12.2 Å². The molecule has 3 unspecified atom stereocenters. The third-order valence-electron chi connectivity index (χ3n) is 5.73. The number of nitrogens with one attached hydrogen (secondary N) is 1. The van der Waals surface area contributed by atoms with Crippen molar-refractivity contribution in [2.45, 2.75) is 90.4 Å². The molecule has 0 amide bonds. The summed E-state index contributed by atoms with van der Waals surface area (Å²) in [6.45, 7) is 9.58. The van der Waals surface area contributed by atoms with E-state index < -0.39 is 0 Å². The van der Waals surface area contributed by atoms with Gasteiger partial charge in [-0.3, -0.25) is 0 Å². The van der Waals surface area contributed by atoms with Crippen LogP contribution in [0.25, 0.3) is 0 Å². The molecule has 21 heavy (non-hydrogen) atoms. The lowest BCUT2D eigenvalue weighted by molar-refractivity contribution is -0.125. The van der Waals surface area contributed by atoms with Crippen molar-refractivity contribution in [2.75, 3.05) is 19.8 Å². The van der Waals surface area contributed by atoms with Crippen LogP contribution in [-0.2, 0) is 9.47 Å². The van der Waals surface area contributed by atoms with Gasteiger partial charge in [0.25, 0.3) is 0 Å². The fourth-order valence-electron chi connectivity index (χ4n) is 3.90. The van der Waals surface area contributed by atoms with Crippen molar-refractivity contribution in [3.8, 4) is 0 Å². The van der Waals surface area contributed by atoms with E-state index >= 15 is 0 Å². The molecular weight excluding hydrogens is 262 g/mol. The van der Waals surface area contributed by atoms with Crippen LogP contribution >= 0.6 is 0 Å². The van der Waals surface area contributed by atoms with Crippen molar-refractivity contribution in [2.24, 2.45) is 5.41 Å². The first-order chi connectivity index (χ1) is 10.2. The maximum atomic E-state index is 5.99. The molecule has 2 fully saturated rings. The van der Waals surface area contributed by atoms with Crippen LogP contribution < -0.4 is 5.32 Å². The lowest BCUT2D eigenvalue weighted by atomic mass is 9.61. The Balaban J connectivity index is 1.56. The summed E-state index contributed by atoms with van der Waals surface area (Å²) in [6, 6.07) is 0.619. The van der Waals surface area contributed by atoms with Crippen molar-refractivity contribution in [3.63, 3.8) is 0 Å². The second kappa shape index (κ2) is 8.50. The Kier molecular flexibility index (Phi) is 6.97. The molecule has 0 spiro atoms. The van der Waals surface area contributed by atoms with Gasteiger partial charge in [-0.25, -0.2) is 0 Å². The zero-order valence-corrected chi connectivity index (χ0v) is 14.3. The van der Waals surface area contributed by atoms with Crippen LogP contribution in [-0.4, -0.2) is 38.0 Å². The van der Waals surface area contributed by atoms with Crippen LogP contribution in [0, 0.1) is 5.41 Å². The summed E-state index contributed by atoms with van der Waals surface area (Å²) >= 11 is 0. The number of ether oxygens (including phenoxy) is 2. The molecule has 0 aromatic heterocycles. The molecule has 2 rings (SSSR count). The molecule has 0 aromatic carbocycles. The van der Waals surface area contributed by atoms with Crippen LogP contribution in [0.3, 0.4) is 0 Å². The maximum absolute atomic E-state index is 5.99. The predicted octanol–water partition coefficient (Wildman–Crippen LogP) is 3.91. The first-order valence-corrected chi connectivity index (χ1v) is 9.17. The summed E-state index contributed by atoms with van der Waals surface area (Å²) in [5.74, 6) is 0. The molecule has 0 aliphatic heterocycles. The molecule has 2 aliphatic carbocycles. The molecule has 0 heterocycles. The van der Waals surface area contributed by atoms with Gasteiger partial charge in [0.2, 0.25) is 0 Å². The van der Waals surface area contributed by atoms with Gasteiger partial charge in [-0.05, 0) is 45.6 Å². The van der Waals surface area contributed by atoms with E-state index in [1.54, 1.807) is 0 Å². The van der Waals surface area contributed by atoms with E-state index in [1.807, 2.05) is 0 Å². The van der Waals surface area contributed by atoms with E-state index in [4.69, 9.17) is 9.47 Å². The van der Waals surface area contributed by atoms with Crippen LogP contribution in [0.2, 0.25) is 0 Å². The largest absolute Gasteiger partial charge is 0.378 e. The Morgan fingerprint density at radius 3 is 2.52 bits per heavy atom. The van der Waals surface area contributed by atoms with Gasteiger partial charge in [-0.1, -0.05) is 33.1 Å². The molecule has 0 radical (unpaired) electrons. The van der Waals surface area contributed by atoms with E-state index in [0.29, 0.717) is 23.7 Å². The van der Waals surface area contributed by atoms with Crippen LogP contribution in [0.4, 0.5) is 0 Å². The minimum atomic E-state index is 0.320. The second-order valence-electron chi connectivity index (χ2n) is 7.03. The Hall–Kier alpha value is -0.120. The smallest absolute Gasteiger partial charge is 0.0658 e. The van der Waals surface area contributed by atoms with E-state index in [-0.39, 0.29) is 0 Å². The summed E-state index contributed by atoms with van der Waals surface area (Å²) in [5.41, 5.74) is 0.320. The van der Waals surface area contributed by atoms with Gasteiger partial charge in [0, 0.05) is 24.7 Å². The summed E-state index contributed by atoms with van der Waals surface area (Å²) in [5, 5.41) is 3.73. The summed E-state index contributed by atoms with van der Waals surface area (Å²) in [7, 11) is 0. The molecule has 1 N–H and O–H groups in total. The van der Waals surface area contributed by atoms with Gasteiger partial charge in [-0.15, -0.1) is 0 Å². The molecule has 2 saturated carbocycles. The van der Waals surface area contributed by atoms with Crippen molar-refractivity contribution in [3.05, 3.63) is 0 Å². The van der Waals surface area contributed by atoms with Crippen LogP contribution in [0.15, 0.2) is 0 Å². The lowest BCUT2D eigenvalue weighted by Gasteiger charge is -2.53. The first-order valence-electron chi connectivity index (χ1n) is 9.17. The number of rotatable bonds is 9. The highest BCUT2D eigenvalue weighted by Gasteiger charge is 2.50. The Labute approximate surface area is 131 Å². The molecule has 3 atom stereocenters. The highest BCUT2D eigenvalue weighted by Crippen LogP contribution is 2.45. The molecule has 0 aromatic rings. The van der Waals surface area contributed by atoms with E-state index in [0.717, 1.165) is 26.2 Å². The molecule has 2 aliphatic rings. The lowest BCUT2D eigenvalue weighted by Crippen LogP contribution is -2.62. The van der Waals surface area contributed by atoms with Gasteiger partial charge in [0.15, 0.2) is 0 Å². The molecule has 124 valence electrons. The Morgan fingerprint density at radius 1 is 1.10 bits per heavy atom. The zero-order valence-electron chi connectivity index (χ0n) is 14.3. The maximum Gasteiger partial charge on any atom is 0.0658 e. The highest BCUT2D eigenvalue weighted by atomic mass is 16.5. The van der Waals surface area contributed by atoms with Crippen LogP contribution in [0.1, 0.15) is 72.1 Å². The van der Waals surface area contributed by atoms with Crippen molar-refractivity contribution < 1.29 is 9.47 Å². The van der Waals surface area contributed by atoms with Gasteiger partial charge in [0.1, 0.15) is 0 Å². The zero-order chi connectivity index (χ0) is 15.1.